The van der Waals surface area contributed by atoms with Gasteiger partial charge in [-0.3, -0.25) is 9.59 Å². The Hall–Kier alpha value is -2.77. The Morgan fingerprint density at radius 3 is 2.33 bits per heavy atom. The lowest BCUT2D eigenvalue weighted by Gasteiger charge is -2.34. The Morgan fingerprint density at radius 1 is 1.07 bits per heavy atom. The van der Waals surface area contributed by atoms with E-state index in [1.54, 1.807) is 34.9 Å². The van der Waals surface area contributed by atoms with Crippen LogP contribution < -0.4 is 10.1 Å². The minimum Gasteiger partial charge on any atom is -0.489 e. The molecule has 27 heavy (non-hydrogen) atoms. The van der Waals surface area contributed by atoms with Gasteiger partial charge in [0.25, 0.3) is 0 Å². The topological polar surface area (TPSA) is 88.2 Å². The average molecular weight is 377 g/mol. The molecule has 1 aliphatic heterocycles. The van der Waals surface area contributed by atoms with E-state index in [0.717, 1.165) is 0 Å². The summed E-state index contributed by atoms with van der Waals surface area (Å²) in [5.74, 6) is -0.0951. The fraction of sp³-hybridized carbons (Fsp3) is 0.526. The summed E-state index contributed by atoms with van der Waals surface area (Å²) in [5, 5.41) is 2.73. The number of piperazine rings is 1. The van der Waals surface area contributed by atoms with Crippen molar-refractivity contribution in [2.75, 3.05) is 38.1 Å². The van der Waals surface area contributed by atoms with E-state index in [1.807, 2.05) is 19.9 Å². The zero-order chi connectivity index (χ0) is 19.8. The number of carbonyl (C=O) groups is 3. The van der Waals surface area contributed by atoms with E-state index < -0.39 is 5.91 Å². The molecule has 8 nitrogen and oxygen atoms in total. The highest BCUT2D eigenvalue weighted by atomic mass is 16.6. The van der Waals surface area contributed by atoms with Gasteiger partial charge in [0.05, 0.1) is 18.4 Å². The third-order valence-electron chi connectivity index (χ3n) is 3.99. The number of carbonyl (C=O) groups excluding carboxylic acids is 3. The van der Waals surface area contributed by atoms with E-state index >= 15 is 0 Å². The SMILES string of the molecule is CCOC(=O)N1CCN(C(=O)CC(=O)Nc2ccccc2OC(C)C)CC1. The number of amides is 3. The van der Waals surface area contributed by atoms with Crippen LogP contribution >= 0.6 is 0 Å². The minimum atomic E-state index is -0.396. The van der Waals surface area contributed by atoms with Gasteiger partial charge < -0.3 is 24.6 Å². The molecule has 1 N–H and O–H groups in total. The highest BCUT2D eigenvalue weighted by Crippen LogP contribution is 2.25. The monoisotopic (exact) mass is 377 g/mol. The molecule has 0 saturated carbocycles. The second-order valence-electron chi connectivity index (χ2n) is 6.45. The Morgan fingerprint density at radius 2 is 1.70 bits per heavy atom. The molecule has 0 bridgehead atoms. The molecule has 1 aromatic rings. The first-order chi connectivity index (χ1) is 12.9. The fourth-order valence-electron chi connectivity index (χ4n) is 2.72. The maximum Gasteiger partial charge on any atom is 0.409 e. The van der Waals surface area contributed by atoms with Crippen molar-refractivity contribution in [2.45, 2.75) is 33.3 Å². The predicted molar refractivity (Wildman–Crippen MR) is 101 cm³/mol. The molecule has 1 heterocycles. The van der Waals surface area contributed by atoms with Gasteiger partial charge in [-0.2, -0.15) is 0 Å². The number of hydrogen-bond donors (Lipinski definition) is 1. The van der Waals surface area contributed by atoms with Crippen molar-refractivity contribution in [2.24, 2.45) is 0 Å². The molecule has 148 valence electrons. The molecule has 1 saturated heterocycles. The number of rotatable bonds is 6. The number of benzene rings is 1. The van der Waals surface area contributed by atoms with Gasteiger partial charge in [0.1, 0.15) is 12.2 Å². The third kappa shape index (κ3) is 6.16. The highest BCUT2D eigenvalue weighted by molar-refractivity contribution is 6.04. The van der Waals surface area contributed by atoms with Gasteiger partial charge in [-0.15, -0.1) is 0 Å². The van der Waals surface area contributed by atoms with E-state index in [2.05, 4.69) is 5.32 Å². The maximum absolute atomic E-state index is 12.4. The molecule has 1 fully saturated rings. The van der Waals surface area contributed by atoms with Crippen LogP contribution in [0, 0.1) is 0 Å². The molecule has 0 spiro atoms. The standard InChI is InChI=1S/C19H27N3O5/c1-4-26-19(25)22-11-9-21(10-12-22)18(24)13-17(23)20-15-7-5-6-8-16(15)27-14(2)3/h5-8,14H,4,9-13H2,1-3H3,(H,20,23). The normalized spacial score (nSPS) is 14.1. The molecule has 0 atom stereocenters. The summed E-state index contributed by atoms with van der Waals surface area (Å²) in [6.07, 6.45) is -0.653. The number of ether oxygens (including phenoxy) is 2. The van der Waals surface area contributed by atoms with Crippen LogP contribution in [0.4, 0.5) is 10.5 Å². The first-order valence-corrected chi connectivity index (χ1v) is 9.15. The van der Waals surface area contributed by atoms with Crippen LogP contribution in [0.25, 0.3) is 0 Å². The molecule has 0 aliphatic carbocycles. The van der Waals surface area contributed by atoms with Gasteiger partial charge in [0.2, 0.25) is 11.8 Å². The summed E-state index contributed by atoms with van der Waals surface area (Å²) in [6, 6.07) is 7.12. The number of nitrogens with zero attached hydrogens (tertiary/aromatic N) is 2. The maximum atomic E-state index is 12.4. The van der Waals surface area contributed by atoms with Gasteiger partial charge in [0, 0.05) is 26.2 Å². The van der Waals surface area contributed by atoms with Gasteiger partial charge >= 0.3 is 6.09 Å². The molecular weight excluding hydrogens is 350 g/mol. The van der Waals surface area contributed by atoms with E-state index in [0.29, 0.717) is 44.2 Å². The first kappa shape index (κ1) is 20.5. The Balaban J connectivity index is 1.85. The van der Waals surface area contributed by atoms with Crippen molar-refractivity contribution in [3.05, 3.63) is 24.3 Å². The molecule has 0 unspecified atom stereocenters. The van der Waals surface area contributed by atoms with Crippen molar-refractivity contribution in [1.82, 2.24) is 9.80 Å². The molecule has 2 rings (SSSR count). The number of nitrogens with one attached hydrogen (secondary N) is 1. The summed E-state index contributed by atoms with van der Waals surface area (Å²) in [5.41, 5.74) is 0.538. The Labute approximate surface area is 159 Å². The van der Waals surface area contributed by atoms with Crippen LogP contribution in [0.2, 0.25) is 0 Å². The van der Waals surface area contributed by atoms with Gasteiger partial charge in [0.15, 0.2) is 0 Å². The summed E-state index contributed by atoms with van der Waals surface area (Å²) >= 11 is 0. The van der Waals surface area contributed by atoms with E-state index in [1.165, 1.54) is 0 Å². The third-order valence-corrected chi connectivity index (χ3v) is 3.99. The molecular formula is C19H27N3O5. The zero-order valence-corrected chi connectivity index (χ0v) is 16.1. The highest BCUT2D eigenvalue weighted by Gasteiger charge is 2.26. The van der Waals surface area contributed by atoms with Crippen LogP contribution in [0.3, 0.4) is 0 Å². The Bertz CT molecular complexity index is 669. The van der Waals surface area contributed by atoms with Crippen molar-refractivity contribution in [1.29, 1.82) is 0 Å². The van der Waals surface area contributed by atoms with Crippen LogP contribution in [0.15, 0.2) is 24.3 Å². The van der Waals surface area contributed by atoms with Gasteiger partial charge in [-0.05, 0) is 32.9 Å². The van der Waals surface area contributed by atoms with Crippen molar-refractivity contribution in [3.8, 4) is 5.75 Å². The van der Waals surface area contributed by atoms with Crippen molar-refractivity contribution < 1.29 is 23.9 Å². The predicted octanol–water partition coefficient (Wildman–Crippen LogP) is 2.10. The van der Waals surface area contributed by atoms with E-state index in [-0.39, 0.29) is 24.5 Å². The van der Waals surface area contributed by atoms with Crippen LogP contribution in [-0.2, 0) is 14.3 Å². The second-order valence-corrected chi connectivity index (χ2v) is 6.45. The Kier molecular flexibility index (Phi) is 7.45. The van der Waals surface area contributed by atoms with E-state index in [9.17, 15) is 14.4 Å². The van der Waals surface area contributed by atoms with Crippen LogP contribution in [-0.4, -0.2) is 66.6 Å². The minimum absolute atomic E-state index is 0.0274. The molecule has 0 aromatic heterocycles. The fourth-order valence-corrected chi connectivity index (χ4v) is 2.72. The van der Waals surface area contributed by atoms with Crippen molar-refractivity contribution >= 4 is 23.6 Å². The molecule has 0 radical (unpaired) electrons. The molecule has 8 heteroatoms. The molecule has 3 amide bonds. The van der Waals surface area contributed by atoms with Crippen LogP contribution in [0.1, 0.15) is 27.2 Å². The van der Waals surface area contributed by atoms with Crippen LogP contribution in [0.5, 0.6) is 5.75 Å². The summed E-state index contributed by atoms with van der Waals surface area (Å²) in [4.78, 5) is 39.5. The van der Waals surface area contributed by atoms with Crippen molar-refractivity contribution in [3.63, 3.8) is 0 Å². The largest absolute Gasteiger partial charge is 0.489 e. The lowest BCUT2D eigenvalue weighted by atomic mass is 10.2. The second kappa shape index (κ2) is 9.80. The number of hydrogen-bond acceptors (Lipinski definition) is 5. The lowest BCUT2D eigenvalue weighted by Crippen LogP contribution is -2.51. The lowest BCUT2D eigenvalue weighted by molar-refractivity contribution is -0.135. The summed E-state index contributed by atoms with van der Waals surface area (Å²) in [6.45, 7) is 7.45. The number of para-hydroxylation sites is 2. The zero-order valence-electron chi connectivity index (χ0n) is 16.1. The average Bonchev–Trinajstić information content (AvgIpc) is 2.63. The van der Waals surface area contributed by atoms with Gasteiger partial charge in [-0.1, -0.05) is 12.1 Å². The number of anilines is 1. The first-order valence-electron chi connectivity index (χ1n) is 9.15. The van der Waals surface area contributed by atoms with Gasteiger partial charge in [-0.25, -0.2) is 4.79 Å². The smallest absolute Gasteiger partial charge is 0.409 e. The van der Waals surface area contributed by atoms with E-state index in [4.69, 9.17) is 9.47 Å². The quantitative estimate of drug-likeness (QED) is 0.767. The molecule has 1 aliphatic rings. The molecule has 1 aromatic carbocycles. The summed E-state index contributed by atoms with van der Waals surface area (Å²) < 4.78 is 10.6. The summed E-state index contributed by atoms with van der Waals surface area (Å²) in [7, 11) is 0.